The average molecular weight is 367 g/mol. The Balaban J connectivity index is 2.00. The summed E-state index contributed by atoms with van der Waals surface area (Å²) >= 11 is 0. The van der Waals surface area contributed by atoms with Crippen molar-refractivity contribution in [2.45, 2.75) is 38.6 Å². The molecule has 5 nitrogen and oxygen atoms in total. The smallest absolute Gasteiger partial charge is 0.224 e. The fourth-order valence-corrected chi connectivity index (χ4v) is 3.39. The van der Waals surface area contributed by atoms with Crippen molar-refractivity contribution in [1.29, 1.82) is 0 Å². The van der Waals surface area contributed by atoms with Gasteiger partial charge in [-0.15, -0.1) is 0 Å². The summed E-state index contributed by atoms with van der Waals surface area (Å²) < 4.78 is 27.2. The lowest BCUT2D eigenvalue weighted by Gasteiger charge is -2.33. The van der Waals surface area contributed by atoms with Gasteiger partial charge in [0.05, 0.1) is 12.5 Å². The summed E-state index contributed by atoms with van der Waals surface area (Å²) in [5.41, 5.74) is 0.124. The quantitative estimate of drug-likeness (QED) is 0.778. The van der Waals surface area contributed by atoms with Crippen molar-refractivity contribution in [3.05, 3.63) is 35.4 Å². The minimum atomic E-state index is -0.803. The summed E-state index contributed by atoms with van der Waals surface area (Å²) in [6.07, 6.45) is 2.95. The van der Waals surface area contributed by atoms with Gasteiger partial charge in [-0.05, 0) is 44.8 Å². The maximum Gasteiger partial charge on any atom is 0.224 e. The molecule has 0 saturated carbocycles. The summed E-state index contributed by atoms with van der Waals surface area (Å²) in [7, 11) is 1.93. The van der Waals surface area contributed by atoms with Gasteiger partial charge in [0.25, 0.3) is 0 Å². The van der Waals surface area contributed by atoms with Gasteiger partial charge >= 0.3 is 0 Å². The number of amides is 2. The zero-order chi connectivity index (χ0) is 19.1. The van der Waals surface area contributed by atoms with E-state index in [1.165, 1.54) is 13.0 Å². The predicted octanol–water partition coefficient (Wildman–Crippen LogP) is 2.38. The van der Waals surface area contributed by atoms with E-state index in [0.717, 1.165) is 37.9 Å². The Morgan fingerprint density at radius 1 is 1.27 bits per heavy atom. The summed E-state index contributed by atoms with van der Waals surface area (Å²) in [5, 5.41) is 5.74. The lowest BCUT2D eigenvalue weighted by Crippen LogP contribution is -2.41. The number of carbonyl (C=O) groups excluding carboxylic acids is 2. The highest BCUT2D eigenvalue weighted by atomic mass is 19.1. The van der Waals surface area contributed by atoms with Crippen LogP contribution in [0.15, 0.2) is 18.2 Å². The van der Waals surface area contributed by atoms with Crippen LogP contribution in [0.25, 0.3) is 0 Å². The first-order chi connectivity index (χ1) is 12.4. The molecule has 1 aromatic rings. The van der Waals surface area contributed by atoms with Crippen LogP contribution in [0, 0.1) is 17.6 Å². The molecule has 2 amide bonds. The van der Waals surface area contributed by atoms with Crippen molar-refractivity contribution in [3.8, 4) is 0 Å². The van der Waals surface area contributed by atoms with Gasteiger partial charge in [-0.3, -0.25) is 9.59 Å². The van der Waals surface area contributed by atoms with Gasteiger partial charge in [0.2, 0.25) is 11.8 Å². The number of nitrogens with zero attached hydrogens (tertiary/aromatic N) is 1. The summed E-state index contributed by atoms with van der Waals surface area (Å²) in [5.74, 6) is -1.34. The monoisotopic (exact) mass is 367 g/mol. The van der Waals surface area contributed by atoms with Gasteiger partial charge in [0.1, 0.15) is 11.6 Å². The molecule has 0 aliphatic carbocycles. The topological polar surface area (TPSA) is 61.4 Å². The summed E-state index contributed by atoms with van der Waals surface area (Å²) in [6, 6.07) is 2.37. The van der Waals surface area contributed by atoms with Gasteiger partial charge in [0.15, 0.2) is 0 Å². The van der Waals surface area contributed by atoms with Crippen LogP contribution in [0.1, 0.15) is 44.2 Å². The number of likely N-dealkylation sites (tertiary alicyclic amines) is 1. The highest BCUT2D eigenvalue weighted by molar-refractivity contribution is 5.79. The lowest BCUT2D eigenvalue weighted by atomic mass is 9.93. The van der Waals surface area contributed by atoms with E-state index < -0.39 is 17.7 Å². The highest BCUT2D eigenvalue weighted by Crippen LogP contribution is 2.25. The molecule has 0 radical (unpaired) electrons. The number of hydrogen-bond acceptors (Lipinski definition) is 3. The van der Waals surface area contributed by atoms with Crippen molar-refractivity contribution in [2.75, 3.05) is 26.7 Å². The zero-order valence-corrected chi connectivity index (χ0v) is 15.4. The van der Waals surface area contributed by atoms with Crippen LogP contribution in [-0.2, 0) is 9.59 Å². The summed E-state index contributed by atoms with van der Waals surface area (Å²) in [6.45, 7) is 3.62. The van der Waals surface area contributed by atoms with E-state index in [-0.39, 0.29) is 23.8 Å². The van der Waals surface area contributed by atoms with Crippen LogP contribution in [0.3, 0.4) is 0 Å². The normalized spacial score (nSPS) is 16.4. The largest absolute Gasteiger partial charge is 0.349 e. The van der Waals surface area contributed by atoms with E-state index in [1.54, 1.807) is 4.90 Å². The molecule has 1 heterocycles. The van der Waals surface area contributed by atoms with Gasteiger partial charge in [-0.1, -0.05) is 6.07 Å². The number of piperidine rings is 1. The van der Waals surface area contributed by atoms with E-state index >= 15 is 0 Å². The summed E-state index contributed by atoms with van der Waals surface area (Å²) in [4.78, 5) is 25.9. The average Bonchev–Trinajstić information content (AvgIpc) is 2.59. The van der Waals surface area contributed by atoms with E-state index in [4.69, 9.17) is 0 Å². The van der Waals surface area contributed by atoms with Gasteiger partial charge < -0.3 is 15.5 Å². The molecular weight excluding hydrogens is 340 g/mol. The predicted molar refractivity (Wildman–Crippen MR) is 95.4 cm³/mol. The molecule has 1 aliphatic heterocycles. The van der Waals surface area contributed by atoms with Crippen LogP contribution in [-0.4, -0.2) is 43.4 Å². The van der Waals surface area contributed by atoms with Crippen molar-refractivity contribution in [3.63, 3.8) is 0 Å². The molecular formula is C19H27F2N3O2. The van der Waals surface area contributed by atoms with E-state index in [0.29, 0.717) is 19.0 Å². The zero-order valence-electron chi connectivity index (χ0n) is 15.4. The Bertz CT molecular complexity index is 631. The van der Waals surface area contributed by atoms with E-state index in [2.05, 4.69) is 10.6 Å². The molecule has 0 bridgehead atoms. The van der Waals surface area contributed by atoms with Crippen LogP contribution >= 0.6 is 0 Å². The molecule has 1 unspecified atom stereocenters. The molecule has 1 aromatic carbocycles. The molecule has 1 aliphatic rings. The molecule has 1 atom stereocenters. The number of halogens is 2. The van der Waals surface area contributed by atoms with Gasteiger partial charge in [-0.25, -0.2) is 8.78 Å². The second kappa shape index (κ2) is 9.62. The number of hydrogen-bond donors (Lipinski definition) is 2. The molecule has 0 aromatic heterocycles. The maximum atomic E-state index is 14.1. The maximum absolute atomic E-state index is 14.1. The molecule has 2 rings (SSSR count). The first kappa shape index (κ1) is 20.3. The van der Waals surface area contributed by atoms with Crippen molar-refractivity contribution >= 4 is 11.8 Å². The second-order valence-corrected chi connectivity index (χ2v) is 6.84. The highest BCUT2D eigenvalue weighted by Gasteiger charge is 2.26. The van der Waals surface area contributed by atoms with Crippen molar-refractivity contribution in [2.24, 2.45) is 5.92 Å². The van der Waals surface area contributed by atoms with Crippen LogP contribution in [0.5, 0.6) is 0 Å². The van der Waals surface area contributed by atoms with Crippen LogP contribution < -0.4 is 10.6 Å². The molecule has 144 valence electrons. The van der Waals surface area contributed by atoms with Crippen molar-refractivity contribution in [1.82, 2.24) is 15.5 Å². The third-order valence-corrected chi connectivity index (χ3v) is 4.86. The molecule has 26 heavy (non-hydrogen) atoms. The SMILES string of the molecule is CNCCC1CCN(C(=O)CC(NC(C)=O)c2ccc(F)cc2F)CC1. The molecule has 1 fully saturated rings. The Morgan fingerprint density at radius 3 is 2.54 bits per heavy atom. The van der Waals surface area contributed by atoms with Crippen molar-refractivity contribution < 1.29 is 18.4 Å². The molecule has 2 N–H and O–H groups in total. The minimum Gasteiger partial charge on any atom is -0.349 e. The van der Waals surface area contributed by atoms with Gasteiger partial charge in [0, 0.05) is 31.6 Å². The Labute approximate surface area is 153 Å². The third kappa shape index (κ3) is 5.76. The number of rotatable bonds is 7. The Morgan fingerprint density at radius 2 is 1.96 bits per heavy atom. The molecule has 0 spiro atoms. The van der Waals surface area contributed by atoms with Crippen LogP contribution in [0.4, 0.5) is 8.78 Å². The number of carbonyl (C=O) groups is 2. The first-order valence-electron chi connectivity index (χ1n) is 9.05. The van der Waals surface area contributed by atoms with E-state index in [9.17, 15) is 18.4 Å². The Kier molecular flexibility index (Phi) is 7.50. The number of nitrogens with one attached hydrogen (secondary N) is 2. The standard InChI is InChI=1S/C19H27F2N3O2/c1-13(25)23-18(16-4-3-15(20)11-17(16)21)12-19(26)24-9-6-14(7-10-24)5-8-22-2/h3-4,11,14,18,22H,5-10,12H2,1-2H3,(H,23,25). The minimum absolute atomic E-state index is 0.0384. The lowest BCUT2D eigenvalue weighted by molar-refractivity contribution is -0.133. The van der Waals surface area contributed by atoms with Crippen LogP contribution in [0.2, 0.25) is 0 Å². The first-order valence-corrected chi connectivity index (χ1v) is 9.05. The molecule has 7 heteroatoms. The molecule has 1 saturated heterocycles. The number of benzene rings is 1. The Hall–Kier alpha value is -2.02. The fourth-order valence-electron chi connectivity index (χ4n) is 3.39. The van der Waals surface area contributed by atoms with Gasteiger partial charge in [-0.2, -0.15) is 0 Å². The second-order valence-electron chi connectivity index (χ2n) is 6.84. The third-order valence-electron chi connectivity index (χ3n) is 4.86. The van der Waals surface area contributed by atoms with E-state index in [1.807, 2.05) is 7.05 Å². The fraction of sp³-hybridized carbons (Fsp3) is 0.579.